The Labute approximate surface area is 176 Å². The quantitative estimate of drug-likeness (QED) is 0.680. The van der Waals surface area contributed by atoms with Crippen LogP contribution in [0.1, 0.15) is 25.5 Å². The molecule has 0 radical (unpaired) electrons. The average Bonchev–Trinajstić information content (AvgIpc) is 2.66. The van der Waals surface area contributed by atoms with Gasteiger partial charge in [0.1, 0.15) is 17.5 Å². The highest BCUT2D eigenvalue weighted by Crippen LogP contribution is 2.30. The second-order valence-corrected chi connectivity index (χ2v) is 8.85. The van der Waals surface area contributed by atoms with Gasteiger partial charge in [-0.2, -0.15) is 0 Å². The number of hydrogen-bond donors (Lipinski definition) is 1. The predicted molar refractivity (Wildman–Crippen MR) is 114 cm³/mol. The standard InChI is InChI=1S/C20H25ClN2O5S/c1-13(18-12-17(27-3)9-10-19(18)28-4)22-20(24)14(2)23(29(5,25)26)16-8-6-7-15(21)11-16/h6-14H,1-5H3,(H,22,24)/t13-,14-/m0/s1. The number of amides is 1. The van der Waals surface area contributed by atoms with Crippen LogP contribution in [-0.4, -0.2) is 40.8 Å². The summed E-state index contributed by atoms with van der Waals surface area (Å²) in [5.74, 6) is 0.737. The van der Waals surface area contributed by atoms with Crippen LogP contribution >= 0.6 is 11.6 Å². The zero-order valence-electron chi connectivity index (χ0n) is 17.0. The molecular weight excluding hydrogens is 416 g/mol. The number of carbonyl (C=O) groups excluding carboxylic acids is 1. The van der Waals surface area contributed by atoms with Crippen molar-refractivity contribution in [1.82, 2.24) is 5.32 Å². The molecule has 158 valence electrons. The van der Waals surface area contributed by atoms with Gasteiger partial charge in [0, 0.05) is 10.6 Å². The van der Waals surface area contributed by atoms with Crippen molar-refractivity contribution in [2.24, 2.45) is 0 Å². The molecule has 0 bridgehead atoms. The lowest BCUT2D eigenvalue weighted by Gasteiger charge is -2.29. The minimum absolute atomic E-state index is 0.314. The Morgan fingerprint density at radius 1 is 1.10 bits per heavy atom. The Morgan fingerprint density at radius 2 is 1.79 bits per heavy atom. The molecule has 0 fully saturated rings. The molecule has 1 amide bonds. The summed E-state index contributed by atoms with van der Waals surface area (Å²) in [6.45, 7) is 3.30. The van der Waals surface area contributed by atoms with Gasteiger partial charge in [0.15, 0.2) is 0 Å². The molecule has 9 heteroatoms. The largest absolute Gasteiger partial charge is 0.497 e. The van der Waals surface area contributed by atoms with Gasteiger partial charge in [-0.05, 0) is 50.2 Å². The van der Waals surface area contributed by atoms with Gasteiger partial charge in [0.2, 0.25) is 15.9 Å². The van der Waals surface area contributed by atoms with E-state index < -0.39 is 28.0 Å². The van der Waals surface area contributed by atoms with Gasteiger partial charge < -0.3 is 14.8 Å². The van der Waals surface area contributed by atoms with Gasteiger partial charge in [0.25, 0.3) is 0 Å². The van der Waals surface area contributed by atoms with Crippen molar-refractivity contribution in [3.05, 3.63) is 53.1 Å². The fourth-order valence-electron chi connectivity index (χ4n) is 3.01. The lowest BCUT2D eigenvalue weighted by atomic mass is 10.1. The molecule has 7 nitrogen and oxygen atoms in total. The first kappa shape index (κ1) is 22.8. The van der Waals surface area contributed by atoms with E-state index in [2.05, 4.69) is 5.32 Å². The smallest absolute Gasteiger partial charge is 0.244 e. The fourth-order valence-corrected chi connectivity index (χ4v) is 4.36. The van der Waals surface area contributed by atoms with E-state index in [4.69, 9.17) is 21.1 Å². The fraction of sp³-hybridized carbons (Fsp3) is 0.350. The maximum atomic E-state index is 12.9. The highest BCUT2D eigenvalue weighted by Gasteiger charge is 2.30. The SMILES string of the molecule is COc1ccc(OC)c([C@H](C)NC(=O)[C@H](C)N(c2cccc(Cl)c2)S(C)(=O)=O)c1. The maximum absolute atomic E-state index is 12.9. The van der Waals surface area contributed by atoms with Gasteiger partial charge in [-0.15, -0.1) is 0 Å². The summed E-state index contributed by atoms with van der Waals surface area (Å²) < 4.78 is 36.4. The van der Waals surface area contributed by atoms with Crippen molar-refractivity contribution in [3.8, 4) is 11.5 Å². The Balaban J connectivity index is 2.30. The first-order valence-electron chi connectivity index (χ1n) is 8.85. The monoisotopic (exact) mass is 440 g/mol. The second kappa shape index (κ2) is 9.37. The van der Waals surface area contributed by atoms with Gasteiger partial charge in [-0.1, -0.05) is 17.7 Å². The van der Waals surface area contributed by atoms with Crippen LogP contribution in [0, 0.1) is 0 Å². The number of ether oxygens (including phenoxy) is 2. The first-order chi connectivity index (χ1) is 13.6. The zero-order chi connectivity index (χ0) is 21.8. The number of rotatable bonds is 8. The molecule has 2 rings (SSSR count). The number of sulfonamides is 1. The van der Waals surface area contributed by atoms with E-state index in [9.17, 15) is 13.2 Å². The van der Waals surface area contributed by atoms with E-state index >= 15 is 0 Å². The van der Waals surface area contributed by atoms with Gasteiger partial charge in [-0.25, -0.2) is 8.42 Å². The summed E-state index contributed by atoms with van der Waals surface area (Å²) in [4.78, 5) is 12.9. The number of hydrogen-bond acceptors (Lipinski definition) is 5. The summed E-state index contributed by atoms with van der Waals surface area (Å²) in [6, 6.07) is 10.2. The highest BCUT2D eigenvalue weighted by molar-refractivity contribution is 7.92. The molecule has 2 aromatic carbocycles. The van der Waals surface area contributed by atoms with Crippen LogP contribution in [0.4, 0.5) is 5.69 Å². The number of halogens is 1. The third-order valence-corrected chi connectivity index (χ3v) is 5.89. The third-order valence-electron chi connectivity index (χ3n) is 4.41. The summed E-state index contributed by atoms with van der Waals surface area (Å²) >= 11 is 6.00. The molecule has 2 atom stereocenters. The van der Waals surface area contributed by atoms with Crippen LogP contribution in [0.2, 0.25) is 5.02 Å². The van der Waals surface area contributed by atoms with Crippen LogP contribution in [0.5, 0.6) is 11.5 Å². The maximum Gasteiger partial charge on any atom is 0.244 e. The summed E-state index contributed by atoms with van der Waals surface area (Å²) in [6.07, 6.45) is 1.05. The normalized spacial score (nSPS) is 13.3. The van der Waals surface area contributed by atoms with Crippen LogP contribution in [-0.2, 0) is 14.8 Å². The molecular formula is C20H25ClN2O5S. The molecule has 0 spiro atoms. The van der Waals surface area contributed by atoms with Crippen molar-refractivity contribution in [2.75, 3.05) is 24.8 Å². The van der Waals surface area contributed by atoms with Gasteiger partial charge in [-0.3, -0.25) is 9.10 Å². The molecule has 0 aliphatic rings. The summed E-state index contributed by atoms with van der Waals surface area (Å²) in [7, 11) is -0.651. The van der Waals surface area contributed by atoms with E-state index in [1.807, 2.05) is 0 Å². The van der Waals surface area contributed by atoms with E-state index in [1.54, 1.807) is 50.4 Å². The van der Waals surface area contributed by atoms with E-state index in [-0.39, 0.29) is 0 Å². The first-order valence-corrected chi connectivity index (χ1v) is 11.1. The molecule has 0 saturated heterocycles. The molecule has 0 unspecified atom stereocenters. The second-order valence-electron chi connectivity index (χ2n) is 6.55. The van der Waals surface area contributed by atoms with Crippen molar-refractivity contribution in [3.63, 3.8) is 0 Å². The zero-order valence-corrected chi connectivity index (χ0v) is 18.5. The number of anilines is 1. The van der Waals surface area contributed by atoms with E-state index in [1.165, 1.54) is 20.1 Å². The van der Waals surface area contributed by atoms with E-state index in [0.717, 1.165) is 10.6 Å². The molecule has 0 heterocycles. The Bertz CT molecular complexity index is 981. The van der Waals surface area contributed by atoms with Crippen LogP contribution in [0.15, 0.2) is 42.5 Å². The number of methoxy groups -OCH3 is 2. The number of benzene rings is 2. The molecule has 0 aliphatic heterocycles. The summed E-state index contributed by atoms with van der Waals surface area (Å²) in [5.41, 5.74) is 1.02. The van der Waals surface area contributed by atoms with E-state index in [0.29, 0.717) is 27.8 Å². The van der Waals surface area contributed by atoms with Gasteiger partial charge >= 0.3 is 0 Å². The molecule has 29 heavy (non-hydrogen) atoms. The van der Waals surface area contributed by atoms with Crippen LogP contribution in [0.3, 0.4) is 0 Å². The van der Waals surface area contributed by atoms with Crippen LogP contribution in [0.25, 0.3) is 0 Å². The third kappa shape index (κ3) is 5.55. The highest BCUT2D eigenvalue weighted by atomic mass is 35.5. The topological polar surface area (TPSA) is 84.9 Å². The number of carbonyl (C=O) groups is 1. The lowest BCUT2D eigenvalue weighted by molar-refractivity contribution is -0.122. The lowest BCUT2D eigenvalue weighted by Crippen LogP contribution is -2.48. The molecule has 0 aliphatic carbocycles. The van der Waals surface area contributed by atoms with Crippen molar-refractivity contribution in [2.45, 2.75) is 25.9 Å². The number of nitrogens with zero attached hydrogens (tertiary/aromatic N) is 1. The van der Waals surface area contributed by atoms with Crippen molar-refractivity contribution < 1.29 is 22.7 Å². The Kier molecular flexibility index (Phi) is 7.37. The predicted octanol–water partition coefficient (Wildman–Crippen LogP) is 3.39. The Hall–Kier alpha value is -2.45. The molecule has 0 saturated carbocycles. The minimum atomic E-state index is -3.73. The minimum Gasteiger partial charge on any atom is -0.497 e. The number of nitrogens with one attached hydrogen (secondary N) is 1. The summed E-state index contributed by atoms with van der Waals surface area (Å²) in [5, 5.41) is 3.22. The molecule has 2 aromatic rings. The van der Waals surface area contributed by atoms with Gasteiger partial charge in [0.05, 0.1) is 32.2 Å². The van der Waals surface area contributed by atoms with Crippen LogP contribution < -0.4 is 19.1 Å². The molecule has 0 aromatic heterocycles. The van der Waals surface area contributed by atoms with Crippen molar-refractivity contribution >= 4 is 33.2 Å². The average molecular weight is 441 g/mol. The molecule has 1 N–H and O–H groups in total. The van der Waals surface area contributed by atoms with Crippen molar-refractivity contribution in [1.29, 1.82) is 0 Å². The Morgan fingerprint density at radius 3 is 2.34 bits per heavy atom.